The highest BCUT2D eigenvalue weighted by Crippen LogP contribution is 2.30. The molecular weight excluding hydrogens is 462 g/mol. The van der Waals surface area contributed by atoms with E-state index in [1.165, 1.54) is 16.2 Å². The van der Waals surface area contributed by atoms with E-state index in [1.54, 1.807) is 73.2 Å². The summed E-state index contributed by atoms with van der Waals surface area (Å²) < 4.78 is 5.27. The largest absolute Gasteiger partial charge is 0.497 e. The molecule has 0 saturated carbocycles. The maximum Gasteiger partial charge on any atom is 0.261 e. The first kappa shape index (κ1) is 26.0. The van der Waals surface area contributed by atoms with Gasteiger partial charge in [-0.25, -0.2) is 0 Å². The molecule has 1 unspecified atom stereocenters. The molecular formula is C27H31N3O4S. The highest BCUT2D eigenvalue weighted by Gasteiger charge is 2.35. The maximum absolute atomic E-state index is 13.7. The number of benzene rings is 2. The summed E-state index contributed by atoms with van der Waals surface area (Å²) in [7, 11) is 1.57. The number of rotatable bonds is 10. The average molecular weight is 494 g/mol. The van der Waals surface area contributed by atoms with Gasteiger partial charge in [0.05, 0.1) is 18.5 Å². The Labute approximate surface area is 210 Å². The lowest BCUT2D eigenvalue weighted by molar-refractivity contribution is -0.127. The minimum absolute atomic E-state index is 0.261. The summed E-state index contributed by atoms with van der Waals surface area (Å²) in [5.41, 5.74) is 0.700. The number of carbonyl (C=O) groups is 3. The molecule has 0 aliphatic heterocycles. The summed E-state index contributed by atoms with van der Waals surface area (Å²) in [5.74, 6) is -0.420. The molecule has 184 valence electrons. The summed E-state index contributed by atoms with van der Waals surface area (Å²) in [5, 5.41) is 7.56. The van der Waals surface area contributed by atoms with Crippen LogP contribution in [-0.4, -0.2) is 36.9 Å². The minimum atomic E-state index is -0.958. The third-order valence-corrected chi connectivity index (χ3v) is 6.60. The zero-order chi connectivity index (χ0) is 25.4. The van der Waals surface area contributed by atoms with Crippen LogP contribution in [0.15, 0.2) is 72.1 Å². The van der Waals surface area contributed by atoms with E-state index < -0.39 is 17.5 Å². The third kappa shape index (κ3) is 6.70. The van der Waals surface area contributed by atoms with E-state index in [9.17, 15) is 14.4 Å². The predicted molar refractivity (Wildman–Crippen MR) is 139 cm³/mol. The lowest BCUT2D eigenvalue weighted by Gasteiger charge is -2.34. The molecule has 3 amide bonds. The molecule has 1 atom stereocenters. The van der Waals surface area contributed by atoms with Gasteiger partial charge >= 0.3 is 0 Å². The second-order valence-corrected chi connectivity index (χ2v) is 9.61. The van der Waals surface area contributed by atoms with Gasteiger partial charge in [-0.1, -0.05) is 43.3 Å². The summed E-state index contributed by atoms with van der Waals surface area (Å²) >= 11 is 1.29. The number of para-hydroxylation sites is 1. The number of thiophene rings is 1. The Balaban J connectivity index is 2.00. The van der Waals surface area contributed by atoms with Crippen LogP contribution in [0, 0.1) is 0 Å². The number of carbonyl (C=O) groups excluding carboxylic acids is 3. The van der Waals surface area contributed by atoms with E-state index in [0.29, 0.717) is 28.3 Å². The number of hydrogen-bond donors (Lipinski definition) is 2. The summed E-state index contributed by atoms with van der Waals surface area (Å²) in [6, 6.07) is 18.6. The Morgan fingerprint density at radius 2 is 1.69 bits per heavy atom. The first-order chi connectivity index (χ1) is 16.8. The molecule has 3 rings (SSSR count). The molecule has 0 saturated heterocycles. The molecule has 8 heteroatoms. The van der Waals surface area contributed by atoms with Gasteiger partial charge in [-0.2, -0.15) is 0 Å². The molecule has 0 aliphatic rings. The van der Waals surface area contributed by atoms with Crippen LogP contribution in [0.4, 0.5) is 5.69 Å². The fourth-order valence-electron chi connectivity index (χ4n) is 3.46. The molecule has 35 heavy (non-hydrogen) atoms. The maximum atomic E-state index is 13.7. The van der Waals surface area contributed by atoms with Gasteiger partial charge in [0.25, 0.3) is 5.91 Å². The second-order valence-electron chi connectivity index (χ2n) is 8.66. The van der Waals surface area contributed by atoms with Crippen molar-refractivity contribution in [2.75, 3.05) is 18.6 Å². The SMILES string of the molecule is CCC(C)(C)NC(=O)C(c1ccc(OC)cc1)N(C(=O)CNC(=O)c1cccs1)c1ccccc1. The Morgan fingerprint density at radius 1 is 1.00 bits per heavy atom. The van der Waals surface area contributed by atoms with Gasteiger partial charge in [-0.05, 0) is 61.5 Å². The average Bonchev–Trinajstić information content (AvgIpc) is 3.41. The number of nitrogens with zero attached hydrogens (tertiary/aromatic N) is 1. The van der Waals surface area contributed by atoms with Crippen LogP contribution >= 0.6 is 11.3 Å². The first-order valence-electron chi connectivity index (χ1n) is 11.4. The van der Waals surface area contributed by atoms with Gasteiger partial charge in [0.15, 0.2) is 0 Å². The van der Waals surface area contributed by atoms with Gasteiger partial charge in [0.1, 0.15) is 11.8 Å². The Morgan fingerprint density at radius 3 is 2.26 bits per heavy atom. The Kier molecular flexibility index (Phi) is 8.65. The van der Waals surface area contributed by atoms with Gasteiger partial charge in [-0.15, -0.1) is 11.3 Å². The monoisotopic (exact) mass is 493 g/mol. The second kappa shape index (κ2) is 11.7. The van der Waals surface area contributed by atoms with E-state index in [-0.39, 0.29) is 18.4 Å². The number of amides is 3. The van der Waals surface area contributed by atoms with Gasteiger partial charge < -0.3 is 15.4 Å². The van der Waals surface area contributed by atoms with Crippen molar-refractivity contribution in [3.8, 4) is 5.75 Å². The van der Waals surface area contributed by atoms with Crippen molar-refractivity contribution in [1.82, 2.24) is 10.6 Å². The molecule has 2 N–H and O–H groups in total. The van der Waals surface area contributed by atoms with Crippen molar-refractivity contribution in [2.24, 2.45) is 0 Å². The highest BCUT2D eigenvalue weighted by atomic mass is 32.1. The summed E-state index contributed by atoms with van der Waals surface area (Å²) in [6.45, 7) is 5.60. The Hall–Kier alpha value is -3.65. The van der Waals surface area contributed by atoms with E-state index in [4.69, 9.17) is 4.74 Å². The van der Waals surface area contributed by atoms with E-state index in [0.717, 1.165) is 0 Å². The lowest BCUT2D eigenvalue weighted by atomic mass is 9.98. The molecule has 0 fully saturated rings. The molecule has 7 nitrogen and oxygen atoms in total. The van der Waals surface area contributed by atoms with Crippen molar-refractivity contribution >= 4 is 34.7 Å². The topological polar surface area (TPSA) is 87.7 Å². The van der Waals surface area contributed by atoms with Crippen molar-refractivity contribution in [2.45, 2.75) is 38.8 Å². The van der Waals surface area contributed by atoms with Gasteiger partial charge in [0, 0.05) is 11.2 Å². The van der Waals surface area contributed by atoms with Gasteiger partial charge in [0.2, 0.25) is 11.8 Å². The van der Waals surface area contributed by atoms with E-state index in [1.807, 2.05) is 26.8 Å². The van der Waals surface area contributed by atoms with Crippen LogP contribution in [0.3, 0.4) is 0 Å². The van der Waals surface area contributed by atoms with E-state index in [2.05, 4.69) is 10.6 Å². The molecule has 1 heterocycles. The van der Waals surface area contributed by atoms with E-state index >= 15 is 0 Å². The predicted octanol–water partition coefficient (Wildman–Crippen LogP) is 4.57. The molecule has 1 aromatic heterocycles. The highest BCUT2D eigenvalue weighted by molar-refractivity contribution is 7.12. The zero-order valence-electron chi connectivity index (χ0n) is 20.4. The quantitative estimate of drug-likeness (QED) is 0.433. The number of methoxy groups -OCH3 is 1. The molecule has 0 aliphatic carbocycles. The van der Waals surface area contributed by atoms with Crippen molar-refractivity contribution in [3.05, 3.63) is 82.6 Å². The molecule has 2 aromatic carbocycles. The van der Waals surface area contributed by atoms with Crippen LogP contribution in [0.25, 0.3) is 0 Å². The van der Waals surface area contributed by atoms with Crippen LogP contribution in [-0.2, 0) is 9.59 Å². The number of ether oxygens (including phenoxy) is 1. The van der Waals surface area contributed by atoms with Crippen molar-refractivity contribution in [3.63, 3.8) is 0 Å². The first-order valence-corrected chi connectivity index (χ1v) is 12.3. The van der Waals surface area contributed by atoms with Crippen molar-refractivity contribution < 1.29 is 19.1 Å². The van der Waals surface area contributed by atoms with Crippen LogP contribution < -0.4 is 20.3 Å². The molecule has 3 aromatic rings. The number of nitrogens with one attached hydrogen (secondary N) is 2. The van der Waals surface area contributed by atoms with Crippen LogP contribution in [0.1, 0.15) is 48.5 Å². The van der Waals surface area contributed by atoms with Crippen LogP contribution in [0.5, 0.6) is 5.75 Å². The summed E-state index contributed by atoms with van der Waals surface area (Å²) in [6.07, 6.45) is 0.713. The minimum Gasteiger partial charge on any atom is -0.497 e. The normalized spacial score (nSPS) is 11.9. The van der Waals surface area contributed by atoms with Crippen LogP contribution in [0.2, 0.25) is 0 Å². The zero-order valence-corrected chi connectivity index (χ0v) is 21.2. The Bertz CT molecular complexity index is 1130. The molecule has 0 bridgehead atoms. The standard InChI is InChI=1S/C27H31N3O4S/c1-5-27(2,3)29-26(33)24(19-13-15-21(34-4)16-14-19)30(20-10-7-6-8-11-20)23(31)18-28-25(32)22-12-9-17-35-22/h6-17,24H,5,18H2,1-4H3,(H,28,32)(H,29,33). The fraction of sp³-hybridized carbons (Fsp3) is 0.296. The van der Waals surface area contributed by atoms with Crippen molar-refractivity contribution in [1.29, 1.82) is 0 Å². The van der Waals surface area contributed by atoms with Gasteiger partial charge in [-0.3, -0.25) is 19.3 Å². The smallest absolute Gasteiger partial charge is 0.261 e. The summed E-state index contributed by atoms with van der Waals surface area (Å²) in [4.78, 5) is 41.7. The molecule has 0 radical (unpaired) electrons. The number of anilines is 1. The lowest BCUT2D eigenvalue weighted by Crippen LogP contribution is -2.52. The molecule has 0 spiro atoms. The third-order valence-electron chi connectivity index (χ3n) is 5.73. The fourth-order valence-corrected chi connectivity index (χ4v) is 4.10. The number of hydrogen-bond acceptors (Lipinski definition) is 5.